The Morgan fingerprint density at radius 3 is 2.66 bits per heavy atom. The Kier molecular flexibility index (Phi) is 5.16. The van der Waals surface area contributed by atoms with Crippen molar-refractivity contribution < 1.29 is 17.9 Å². The van der Waals surface area contributed by atoms with E-state index in [0.717, 1.165) is 49.9 Å². The lowest BCUT2D eigenvalue weighted by atomic mass is 9.85. The molecule has 0 saturated carbocycles. The minimum atomic E-state index is -2.88. The van der Waals surface area contributed by atoms with Crippen LogP contribution in [0.15, 0.2) is 30.5 Å². The van der Waals surface area contributed by atoms with Crippen LogP contribution in [-0.4, -0.2) is 41.5 Å². The molecule has 2 aliphatic rings. The van der Waals surface area contributed by atoms with E-state index in [4.69, 9.17) is 4.74 Å². The molecule has 0 amide bonds. The molecular formula is C23H24F3N5O. The number of pyridine rings is 1. The normalized spacial score (nSPS) is 18.4. The summed E-state index contributed by atoms with van der Waals surface area (Å²) in [4.78, 5) is 6.92. The second-order valence-corrected chi connectivity index (χ2v) is 8.81. The van der Waals surface area contributed by atoms with Crippen molar-refractivity contribution >= 4 is 22.4 Å². The van der Waals surface area contributed by atoms with E-state index in [1.54, 1.807) is 6.92 Å². The maximum atomic E-state index is 14.6. The summed E-state index contributed by atoms with van der Waals surface area (Å²) < 4.78 is 46.3. The maximum Gasteiger partial charge on any atom is 0.266 e. The number of rotatable bonds is 5. The summed E-state index contributed by atoms with van der Waals surface area (Å²) in [5.74, 6) is -0.467. The quantitative estimate of drug-likeness (QED) is 0.611. The van der Waals surface area contributed by atoms with E-state index >= 15 is 0 Å². The van der Waals surface area contributed by atoms with Gasteiger partial charge in [0, 0.05) is 29.5 Å². The Balaban J connectivity index is 1.47. The number of hydrogen-bond donors (Lipinski definition) is 1. The highest BCUT2D eigenvalue weighted by Gasteiger charge is 2.44. The number of aromatic nitrogens is 3. The van der Waals surface area contributed by atoms with E-state index in [9.17, 15) is 13.2 Å². The summed E-state index contributed by atoms with van der Waals surface area (Å²) in [6, 6.07) is 5.45. The van der Waals surface area contributed by atoms with Gasteiger partial charge in [-0.2, -0.15) is 5.10 Å². The van der Waals surface area contributed by atoms with E-state index in [0.29, 0.717) is 17.0 Å². The lowest BCUT2D eigenvalue weighted by Gasteiger charge is -2.37. The summed E-state index contributed by atoms with van der Waals surface area (Å²) in [5, 5.41) is 12.4. The third-order valence-electron chi connectivity index (χ3n) is 6.50. The van der Waals surface area contributed by atoms with Crippen molar-refractivity contribution in [1.29, 1.82) is 0 Å². The molecule has 5 rings (SSSR count). The molecule has 168 valence electrons. The van der Waals surface area contributed by atoms with Gasteiger partial charge in [0.1, 0.15) is 5.82 Å². The molecule has 3 aromatic rings. The average Bonchev–Trinajstić information content (AvgIpc) is 3.22. The Bertz CT molecular complexity index is 1170. The predicted octanol–water partition coefficient (Wildman–Crippen LogP) is 4.81. The largest absolute Gasteiger partial charge is 0.380 e. The number of halogens is 3. The summed E-state index contributed by atoms with van der Waals surface area (Å²) >= 11 is 0. The number of nitrogens with one attached hydrogen (secondary N) is 1. The van der Waals surface area contributed by atoms with Gasteiger partial charge in [-0.15, -0.1) is 5.10 Å². The molecule has 0 radical (unpaired) electrons. The second kappa shape index (κ2) is 7.88. The highest BCUT2D eigenvalue weighted by molar-refractivity contribution is 5.92. The molecule has 0 unspecified atom stereocenters. The van der Waals surface area contributed by atoms with Gasteiger partial charge >= 0.3 is 0 Å². The number of hydrogen-bond acceptors (Lipinski definition) is 6. The molecule has 2 aliphatic heterocycles. The molecule has 6 nitrogen and oxygen atoms in total. The Hall–Kier alpha value is -2.94. The van der Waals surface area contributed by atoms with Gasteiger partial charge < -0.3 is 15.0 Å². The molecule has 2 saturated heterocycles. The Labute approximate surface area is 183 Å². The molecule has 1 aromatic carbocycles. The smallest absolute Gasteiger partial charge is 0.266 e. The van der Waals surface area contributed by atoms with Crippen LogP contribution >= 0.6 is 0 Å². The zero-order valence-electron chi connectivity index (χ0n) is 17.9. The molecule has 0 aliphatic carbocycles. The third-order valence-corrected chi connectivity index (χ3v) is 6.50. The van der Waals surface area contributed by atoms with Crippen molar-refractivity contribution in [3.8, 4) is 0 Å². The third kappa shape index (κ3) is 3.54. The monoisotopic (exact) mass is 443 g/mol. The zero-order valence-corrected chi connectivity index (χ0v) is 17.9. The van der Waals surface area contributed by atoms with Crippen molar-refractivity contribution in [2.24, 2.45) is 5.41 Å². The lowest BCUT2D eigenvalue weighted by Crippen LogP contribution is -2.44. The number of anilines is 2. The fourth-order valence-corrected chi connectivity index (χ4v) is 4.56. The first-order valence-electron chi connectivity index (χ1n) is 10.7. The first kappa shape index (κ1) is 20.9. The van der Waals surface area contributed by atoms with Crippen molar-refractivity contribution in [1.82, 2.24) is 15.2 Å². The number of nitrogens with zero attached hydrogens (tertiary/aromatic N) is 4. The van der Waals surface area contributed by atoms with Gasteiger partial charge in [0.15, 0.2) is 5.82 Å². The molecule has 1 atom stereocenters. The standard InChI is InChI=1S/C23H24F3N5O/c1-13(16-4-3-5-17(19(16)24)21(25)26)28-22-18-8-15(9-27-20(18)14(2)29-30-22)31-7-6-23(10-31)11-32-12-23/h3-5,8-9,13,21H,6-7,10-12H2,1-2H3,(H,28,30)/t13-/m1/s1. The van der Waals surface area contributed by atoms with Crippen molar-refractivity contribution in [2.75, 3.05) is 36.5 Å². The van der Waals surface area contributed by atoms with Crippen LogP contribution in [0.5, 0.6) is 0 Å². The molecule has 1 spiro atoms. The number of ether oxygens (including phenoxy) is 1. The Morgan fingerprint density at radius 1 is 1.19 bits per heavy atom. The van der Waals surface area contributed by atoms with Crippen LogP contribution in [0.4, 0.5) is 24.7 Å². The van der Waals surface area contributed by atoms with Crippen LogP contribution in [0.3, 0.4) is 0 Å². The summed E-state index contributed by atoms with van der Waals surface area (Å²) in [5.41, 5.74) is 2.14. The van der Waals surface area contributed by atoms with E-state index in [1.165, 1.54) is 12.1 Å². The molecule has 32 heavy (non-hydrogen) atoms. The average molecular weight is 443 g/mol. The fraction of sp³-hybridized carbons (Fsp3) is 0.435. The van der Waals surface area contributed by atoms with Crippen molar-refractivity contribution in [2.45, 2.75) is 32.7 Å². The van der Waals surface area contributed by atoms with Crippen LogP contribution < -0.4 is 10.2 Å². The highest BCUT2D eigenvalue weighted by atomic mass is 19.3. The van der Waals surface area contributed by atoms with Crippen LogP contribution in [0.1, 0.15) is 42.6 Å². The number of alkyl halides is 2. The van der Waals surface area contributed by atoms with Gasteiger partial charge in [-0.05, 0) is 26.3 Å². The van der Waals surface area contributed by atoms with E-state index in [1.807, 2.05) is 19.2 Å². The van der Waals surface area contributed by atoms with E-state index in [2.05, 4.69) is 25.4 Å². The summed E-state index contributed by atoms with van der Waals surface area (Å²) in [6.07, 6.45) is 0.0495. The number of fused-ring (bicyclic) bond motifs is 1. The molecule has 9 heteroatoms. The second-order valence-electron chi connectivity index (χ2n) is 8.81. The SMILES string of the molecule is Cc1nnc(N[C@H](C)c2cccc(C(F)F)c2F)c2cc(N3CCC4(COC4)C3)cnc12. The van der Waals surface area contributed by atoms with Gasteiger partial charge in [0.25, 0.3) is 6.43 Å². The van der Waals surface area contributed by atoms with E-state index in [-0.39, 0.29) is 11.0 Å². The highest BCUT2D eigenvalue weighted by Crippen LogP contribution is 2.40. The first-order valence-corrected chi connectivity index (χ1v) is 10.7. The number of benzene rings is 1. The Morgan fingerprint density at radius 2 is 1.97 bits per heavy atom. The molecule has 4 heterocycles. The van der Waals surface area contributed by atoms with Gasteiger partial charge in [-0.25, -0.2) is 13.2 Å². The molecule has 2 fully saturated rings. The number of aryl methyl sites for hydroxylation is 1. The predicted molar refractivity (Wildman–Crippen MR) is 116 cm³/mol. The van der Waals surface area contributed by atoms with Gasteiger partial charge in [-0.3, -0.25) is 4.98 Å². The molecule has 0 bridgehead atoms. The van der Waals surface area contributed by atoms with Crippen LogP contribution in [0.25, 0.3) is 10.9 Å². The fourth-order valence-electron chi connectivity index (χ4n) is 4.56. The minimum Gasteiger partial charge on any atom is -0.380 e. The molecular weight excluding hydrogens is 419 g/mol. The molecule has 1 N–H and O–H groups in total. The van der Waals surface area contributed by atoms with Crippen LogP contribution in [0.2, 0.25) is 0 Å². The topological polar surface area (TPSA) is 63.2 Å². The summed E-state index contributed by atoms with van der Waals surface area (Å²) in [7, 11) is 0. The van der Waals surface area contributed by atoms with Crippen LogP contribution in [0, 0.1) is 18.2 Å². The minimum absolute atomic E-state index is 0.147. The zero-order chi connectivity index (χ0) is 22.5. The van der Waals surface area contributed by atoms with Gasteiger partial charge in [0.2, 0.25) is 0 Å². The maximum absolute atomic E-state index is 14.6. The lowest BCUT2D eigenvalue weighted by molar-refractivity contribution is -0.0985. The van der Waals surface area contributed by atoms with Gasteiger partial charge in [-0.1, -0.05) is 18.2 Å². The first-order chi connectivity index (χ1) is 15.4. The summed E-state index contributed by atoms with van der Waals surface area (Å²) in [6.45, 7) is 6.98. The van der Waals surface area contributed by atoms with Crippen molar-refractivity contribution in [3.63, 3.8) is 0 Å². The van der Waals surface area contributed by atoms with E-state index < -0.39 is 23.8 Å². The van der Waals surface area contributed by atoms with Gasteiger partial charge in [0.05, 0.1) is 47.9 Å². The molecule has 2 aromatic heterocycles. The van der Waals surface area contributed by atoms with Crippen molar-refractivity contribution in [3.05, 3.63) is 53.1 Å². The van der Waals surface area contributed by atoms with Crippen LogP contribution in [-0.2, 0) is 4.74 Å².